The molecule has 0 radical (unpaired) electrons. The van der Waals surface area contributed by atoms with Crippen LogP contribution in [0.4, 0.5) is 5.69 Å². The van der Waals surface area contributed by atoms with Crippen molar-refractivity contribution in [3.8, 4) is 0 Å². The van der Waals surface area contributed by atoms with Crippen LogP contribution in [0.3, 0.4) is 0 Å². The van der Waals surface area contributed by atoms with Crippen molar-refractivity contribution >= 4 is 34.1 Å². The van der Waals surface area contributed by atoms with Crippen molar-refractivity contribution in [2.75, 3.05) is 5.32 Å². The van der Waals surface area contributed by atoms with Gasteiger partial charge < -0.3 is 10.3 Å². The number of carbonyl (C=O) groups excluding carboxylic acids is 1. The van der Waals surface area contributed by atoms with Gasteiger partial charge in [-0.25, -0.2) is 0 Å². The van der Waals surface area contributed by atoms with Crippen LogP contribution < -0.4 is 10.9 Å². The van der Waals surface area contributed by atoms with Crippen molar-refractivity contribution in [1.82, 2.24) is 4.98 Å². The maximum Gasteiger partial charge on any atom is 0.251 e. The maximum atomic E-state index is 12.1. The van der Waals surface area contributed by atoms with Gasteiger partial charge in [0.25, 0.3) is 5.56 Å². The number of halogens is 1. The lowest BCUT2D eigenvalue weighted by Crippen LogP contribution is -2.14. The minimum Gasteiger partial charge on any atom is -0.326 e. The zero-order valence-corrected chi connectivity index (χ0v) is 13.3. The van der Waals surface area contributed by atoms with E-state index >= 15 is 0 Å². The van der Waals surface area contributed by atoms with Crippen LogP contribution in [0, 0.1) is 6.92 Å². The number of aromatic amines is 1. The summed E-state index contributed by atoms with van der Waals surface area (Å²) in [5.74, 6) is -0.124. The number of hydrogen-bond acceptors (Lipinski definition) is 2. The number of H-pyrrole nitrogens is 1. The predicted octanol–water partition coefficient (Wildman–Crippen LogP) is 3.67. The highest BCUT2D eigenvalue weighted by Gasteiger charge is 2.06. The van der Waals surface area contributed by atoms with E-state index in [2.05, 4.69) is 10.3 Å². The van der Waals surface area contributed by atoms with Gasteiger partial charge in [0.15, 0.2) is 0 Å². The number of aryl methyl sites for hydroxylation is 1. The number of amides is 1. The number of anilines is 1. The molecule has 23 heavy (non-hydrogen) atoms. The maximum absolute atomic E-state index is 12.1. The minimum atomic E-state index is -0.124. The summed E-state index contributed by atoms with van der Waals surface area (Å²) >= 11 is 5.83. The van der Waals surface area contributed by atoms with Gasteiger partial charge in [-0.15, -0.1) is 0 Å². The topological polar surface area (TPSA) is 62.0 Å². The molecule has 2 aromatic carbocycles. The van der Waals surface area contributed by atoms with E-state index in [9.17, 15) is 9.59 Å². The normalized spacial score (nSPS) is 10.7. The van der Waals surface area contributed by atoms with Gasteiger partial charge in [0.2, 0.25) is 5.91 Å². The molecule has 0 unspecified atom stereocenters. The SMILES string of the molecule is Cc1cc2ccc(NC(=O)Cc3ccc(Cl)cc3)cc2[nH]c1=O. The summed E-state index contributed by atoms with van der Waals surface area (Å²) in [6.45, 7) is 1.76. The van der Waals surface area contributed by atoms with E-state index in [-0.39, 0.29) is 17.9 Å². The predicted molar refractivity (Wildman–Crippen MR) is 93.1 cm³/mol. The molecule has 2 N–H and O–H groups in total. The van der Waals surface area contributed by atoms with E-state index in [0.717, 1.165) is 10.9 Å². The van der Waals surface area contributed by atoms with Gasteiger partial charge in [-0.2, -0.15) is 0 Å². The van der Waals surface area contributed by atoms with E-state index in [1.165, 1.54) is 0 Å². The summed E-state index contributed by atoms with van der Waals surface area (Å²) in [4.78, 5) is 26.6. The number of carbonyl (C=O) groups is 1. The Labute approximate surface area is 138 Å². The number of hydrogen-bond donors (Lipinski definition) is 2. The first-order chi connectivity index (χ1) is 11.0. The molecule has 3 aromatic rings. The molecular formula is C18H15ClN2O2. The fourth-order valence-electron chi connectivity index (χ4n) is 2.38. The second kappa shape index (κ2) is 6.26. The van der Waals surface area contributed by atoms with Crippen LogP contribution in [0.1, 0.15) is 11.1 Å². The van der Waals surface area contributed by atoms with Gasteiger partial charge in [0.05, 0.1) is 11.9 Å². The Morgan fingerprint density at radius 1 is 1.13 bits per heavy atom. The third kappa shape index (κ3) is 3.60. The molecule has 0 aliphatic carbocycles. The zero-order chi connectivity index (χ0) is 16.4. The third-order valence-electron chi connectivity index (χ3n) is 3.59. The van der Waals surface area contributed by atoms with E-state index in [0.29, 0.717) is 21.8 Å². The first-order valence-electron chi connectivity index (χ1n) is 7.19. The lowest BCUT2D eigenvalue weighted by Gasteiger charge is -2.07. The van der Waals surface area contributed by atoms with Crippen LogP contribution in [-0.2, 0) is 11.2 Å². The average molecular weight is 327 g/mol. The van der Waals surface area contributed by atoms with Crippen LogP contribution in [0.25, 0.3) is 10.9 Å². The molecule has 5 heteroatoms. The van der Waals surface area contributed by atoms with Crippen molar-refractivity contribution in [1.29, 1.82) is 0 Å². The number of nitrogens with one attached hydrogen (secondary N) is 2. The molecule has 116 valence electrons. The summed E-state index contributed by atoms with van der Waals surface area (Å²) in [7, 11) is 0. The molecule has 1 heterocycles. The molecule has 0 bridgehead atoms. The van der Waals surface area contributed by atoms with Crippen LogP contribution in [-0.4, -0.2) is 10.9 Å². The largest absolute Gasteiger partial charge is 0.326 e. The summed E-state index contributed by atoms with van der Waals surface area (Å²) in [6.07, 6.45) is 0.264. The summed E-state index contributed by atoms with van der Waals surface area (Å²) in [6, 6.07) is 14.4. The molecule has 0 atom stereocenters. The van der Waals surface area contributed by atoms with Crippen LogP contribution in [0.5, 0.6) is 0 Å². The van der Waals surface area contributed by atoms with Crippen molar-refractivity contribution < 1.29 is 4.79 Å². The monoisotopic (exact) mass is 326 g/mol. The van der Waals surface area contributed by atoms with E-state index < -0.39 is 0 Å². The number of fused-ring (bicyclic) bond motifs is 1. The Balaban J connectivity index is 1.78. The van der Waals surface area contributed by atoms with E-state index in [1.54, 1.807) is 25.1 Å². The van der Waals surface area contributed by atoms with Crippen LogP contribution in [0.2, 0.25) is 5.02 Å². The highest BCUT2D eigenvalue weighted by Crippen LogP contribution is 2.17. The average Bonchev–Trinajstić information content (AvgIpc) is 2.51. The molecule has 0 fully saturated rings. The van der Waals surface area contributed by atoms with Gasteiger partial charge in [-0.05, 0) is 48.2 Å². The van der Waals surface area contributed by atoms with Crippen LogP contribution in [0.15, 0.2) is 53.3 Å². The molecule has 3 rings (SSSR count). The quantitative estimate of drug-likeness (QED) is 0.771. The minimum absolute atomic E-state index is 0.123. The second-order valence-electron chi connectivity index (χ2n) is 5.43. The van der Waals surface area contributed by atoms with Crippen molar-refractivity contribution in [3.05, 3.63) is 75.0 Å². The summed E-state index contributed by atoms with van der Waals surface area (Å²) in [5.41, 5.74) is 2.77. The van der Waals surface area contributed by atoms with Crippen LogP contribution >= 0.6 is 11.6 Å². The lowest BCUT2D eigenvalue weighted by molar-refractivity contribution is -0.115. The highest BCUT2D eigenvalue weighted by atomic mass is 35.5. The summed E-state index contributed by atoms with van der Waals surface area (Å²) < 4.78 is 0. The number of pyridine rings is 1. The zero-order valence-electron chi connectivity index (χ0n) is 12.5. The number of rotatable bonds is 3. The van der Waals surface area contributed by atoms with Crippen molar-refractivity contribution in [2.45, 2.75) is 13.3 Å². The molecule has 4 nitrogen and oxygen atoms in total. The van der Waals surface area contributed by atoms with Gasteiger partial charge in [0, 0.05) is 16.3 Å². The lowest BCUT2D eigenvalue weighted by atomic mass is 10.1. The molecule has 0 saturated heterocycles. The van der Waals surface area contributed by atoms with Gasteiger partial charge >= 0.3 is 0 Å². The molecule has 0 saturated carbocycles. The highest BCUT2D eigenvalue weighted by molar-refractivity contribution is 6.30. The van der Waals surface area contributed by atoms with Gasteiger partial charge in [-0.3, -0.25) is 9.59 Å². The first-order valence-corrected chi connectivity index (χ1v) is 7.57. The fraction of sp³-hybridized carbons (Fsp3) is 0.111. The van der Waals surface area contributed by atoms with Crippen molar-refractivity contribution in [2.24, 2.45) is 0 Å². The number of benzene rings is 2. The smallest absolute Gasteiger partial charge is 0.251 e. The number of aromatic nitrogens is 1. The Hall–Kier alpha value is -2.59. The van der Waals surface area contributed by atoms with E-state index in [4.69, 9.17) is 11.6 Å². The standard InChI is InChI=1S/C18H15ClN2O2/c1-11-8-13-4-7-15(10-16(13)21-18(11)23)20-17(22)9-12-2-5-14(19)6-3-12/h2-8,10H,9H2,1H3,(H,20,22)(H,21,23). The Morgan fingerprint density at radius 3 is 2.61 bits per heavy atom. The molecular weight excluding hydrogens is 312 g/mol. The molecule has 1 amide bonds. The molecule has 0 aliphatic heterocycles. The molecule has 0 aliphatic rings. The Bertz CT molecular complexity index is 930. The fourth-order valence-corrected chi connectivity index (χ4v) is 2.51. The first kappa shape index (κ1) is 15.3. The third-order valence-corrected chi connectivity index (χ3v) is 3.85. The molecule has 1 aromatic heterocycles. The van der Waals surface area contributed by atoms with Gasteiger partial charge in [0.1, 0.15) is 0 Å². The summed E-state index contributed by atoms with van der Waals surface area (Å²) in [5, 5.41) is 4.41. The Morgan fingerprint density at radius 2 is 1.87 bits per heavy atom. The second-order valence-corrected chi connectivity index (χ2v) is 5.87. The van der Waals surface area contributed by atoms with E-state index in [1.807, 2.05) is 30.3 Å². The Kier molecular flexibility index (Phi) is 4.17. The van der Waals surface area contributed by atoms with Gasteiger partial charge in [-0.1, -0.05) is 29.8 Å². The molecule has 0 spiro atoms. The van der Waals surface area contributed by atoms with Crippen molar-refractivity contribution in [3.63, 3.8) is 0 Å².